The van der Waals surface area contributed by atoms with E-state index in [0.717, 1.165) is 4.68 Å². The number of rotatable bonds is 4. The summed E-state index contributed by atoms with van der Waals surface area (Å²) >= 11 is 0. The molecular weight excluding hydrogens is 276 g/mol. The fourth-order valence-corrected chi connectivity index (χ4v) is 1.68. The second kappa shape index (κ2) is 5.95. The highest BCUT2D eigenvalue weighted by Crippen LogP contribution is 2.16. The van der Waals surface area contributed by atoms with E-state index in [0.29, 0.717) is 5.69 Å². The minimum absolute atomic E-state index is 0.0676. The number of carbonyl (C=O) groups is 1. The van der Waals surface area contributed by atoms with Gasteiger partial charge in [-0.1, -0.05) is 0 Å². The maximum absolute atomic E-state index is 12.0. The summed E-state index contributed by atoms with van der Waals surface area (Å²) in [5.41, 5.74) is -0.0488. The van der Waals surface area contributed by atoms with Crippen LogP contribution >= 0.6 is 0 Å². The SMILES string of the molecule is CC(C(=O)Nc1ccc([N+](=O)[O-])cc1)n1ncccc1=O. The average Bonchev–Trinajstić information content (AvgIpc) is 2.47. The quantitative estimate of drug-likeness (QED) is 0.675. The van der Waals surface area contributed by atoms with Crippen LogP contribution in [-0.2, 0) is 4.79 Å². The lowest BCUT2D eigenvalue weighted by Crippen LogP contribution is -2.32. The summed E-state index contributed by atoms with van der Waals surface area (Å²) in [5, 5.41) is 16.9. The van der Waals surface area contributed by atoms with Crippen molar-refractivity contribution >= 4 is 17.3 Å². The summed E-state index contributed by atoms with van der Waals surface area (Å²) in [6.07, 6.45) is 1.41. The molecule has 0 aliphatic heterocycles. The summed E-state index contributed by atoms with van der Waals surface area (Å²) in [7, 11) is 0. The maximum Gasteiger partial charge on any atom is 0.269 e. The van der Waals surface area contributed by atoms with Gasteiger partial charge in [-0.2, -0.15) is 5.10 Å². The summed E-state index contributed by atoms with van der Waals surface area (Å²) in [5.74, 6) is -0.440. The first-order valence-electron chi connectivity index (χ1n) is 6.08. The van der Waals surface area contributed by atoms with Crippen LogP contribution in [0.5, 0.6) is 0 Å². The molecule has 1 aromatic heterocycles. The van der Waals surface area contributed by atoms with Crippen LogP contribution in [0.4, 0.5) is 11.4 Å². The topological polar surface area (TPSA) is 107 Å². The number of carbonyl (C=O) groups excluding carboxylic acids is 1. The summed E-state index contributed by atoms with van der Waals surface area (Å²) in [6.45, 7) is 1.54. The predicted octanol–water partition coefficient (Wildman–Crippen LogP) is 1.35. The van der Waals surface area contributed by atoms with E-state index in [1.165, 1.54) is 49.5 Å². The molecule has 108 valence electrons. The second-order valence-electron chi connectivity index (χ2n) is 4.28. The lowest BCUT2D eigenvalue weighted by Gasteiger charge is -2.13. The molecule has 1 heterocycles. The number of benzene rings is 1. The Bertz CT molecular complexity index is 723. The molecule has 1 unspecified atom stereocenters. The third kappa shape index (κ3) is 3.30. The molecule has 2 aromatic rings. The number of nitrogens with zero attached hydrogens (tertiary/aromatic N) is 3. The van der Waals surface area contributed by atoms with Gasteiger partial charge in [-0.25, -0.2) is 4.68 Å². The first-order valence-corrected chi connectivity index (χ1v) is 6.08. The number of hydrogen-bond donors (Lipinski definition) is 1. The number of nitro benzene ring substituents is 1. The molecule has 0 bridgehead atoms. The van der Waals surface area contributed by atoms with E-state index < -0.39 is 16.9 Å². The van der Waals surface area contributed by atoms with Gasteiger partial charge in [0.15, 0.2) is 0 Å². The Hall–Kier alpha value is -3.03. The third-order valence-electron chi connectivity index (χ3n) is 2.83. The zero-order chi connectivity index (χ0) is 15.4. The fraction of sp³-hybridized carbons (Fsp3) is 0.154. The van der Waals surface area contributed by atoms with E-state index in [4.69, 9.17) is 0 Å². The lowest BCUT2D eigenvalue weighted by atomic mass is 10.2. The molecule has 0 aliphatic rings. The summed E-state index contributed by atoms with van der Waals surface area (Å²) in [4.78, 5) is 33.6. The molecule has 0 saturated carbocycles. The third-order valence-corrected chi connectivity index (χ3v) is 2.83. The van der Waals surface area contributed by atoms with Gasteiger partial charge in [-0.3, -0.25) is 19.7 Å². The van der Waals surface area contributed by atoms with Gasteiger partial charge >= 0.3 is 0 Å². The highest BCUT2D eigenvalue weighted by molar-refractivity contribution is 5.93. The van der Waals surface area contributed by atoms with Crippen LogP contribution in [0, 0.1) is 10.1 Å². The van der Waals surface area contributed by atoms with Gasteiger partial charge in [0, 0.05) is 30.1 Å². The van der Waals surface area contributed by atoms with Gasteiger partial charge in [-0.05, 0) is 25.1 Å². The monoisotopic (exact) mass is 288 g/mol. The Morgan fingerprint density at radius 2 is 2.00 bits per heavy atom. The van der Waals surface area contributed by atoms with Gasteiger partial charge in [0.05, 0.1) is 4.92 Å². The Kier molecular flexibility index (Phi) is 4.07. The molecule has 0 fully saturated rings. The van der Waals surface area contributed by atoms with Crippen molar-refractivity contribution in [3.63, 3.8) is 0 Å². The van der Waals surface area contributed by atoms with Crippen molar-refractivity contribution in [3.8, 4) is 0 Å². The van der Waals surface area contributed by atoms with Crippen molar-refractivity contribution in [2.75, 3.05) is 5.32 Å². The molecule has 0 aliphatic carbocycles. The van der Waals surface area contributed by atoms with Crippen LogP contribution < -0.4 is 10.9 Å². The van der Waals surface area contributed by atoms with E-state index in [1.807, 2.05) is 0 Å². The first-order chi connectivity index (χ1) is 9.99. The van der Waals surface area contributed by atoms with Crippen LogP contribution in [0.25, 0.3) is 0 Å². The Morgan fingerprint density at radius 1 is 1.33 bits per heavy atom. The lowest BCUT2D eigenvalue weighted by molar-refractivity contribution is -0.384. The van der Waals surface area contributed by atoms with Crippen molar-refractivity contribution in [1.82, 2.24) is 9.78 Å². The zero-order valence-electron chi connectivity index (χ0n) is 11.1. The number of nitro groups is 1. The number of hydrogen-bond acceptors (Lipinski definition) is 5. The van der Waals surface area contributed by atoms with Gasteiger partial charge in [0.2, 0.25) is 5.91 Å². The number of amides is 1. The molecule has 0 spiro atoms. The standard InChI is InChI=1S/C13H12N4O4/c1-9(16-12(18)3-2-8-14-16)13(19)15-10-4-6-11(7-5-10)17(20)21/h2-9H,1H3,(H,15,19). The van der Waals surface area contributed by atoms with Crippen molar-refractivity contribution < 1.29 is 9.72 Å². The van der Waals surface area contributed by atoms with Crippen molar-refractivity contribution in [2.45, 2.75) is 13.0 Å². The summed E-state index contributed by atoms with van der Waals surface area (Å²) in [6, 6.07) is 7.41. The minimum atomic E-state index is -0.797. The van der Waals surface area contributed by atoms with Crippen molar-refractivity contribution in [1.29, 1.82) is 0 Å². The predicted molar refractivity (Wildman–Crippen MR) is 74.9 cm³/mol. The minimum Gasteiger partial charge on any atom is -0.324 e. The van der Waals surface area contributed by atoms with Gasteiger partial charge < -0.3 is 5.32 Å². The van der Waals surface area contributed by atoms with Crippen molar-refractivity contribution in [2.24, 2.45) is 0 Å². The van der Waals surface area contributed by atoms with E-state index >= 15 is 0 Å². The Labute approximate surface area is 119 Å². The second-order valence-corrected chi connectivity index (χ2v) is 4.28. The molecule has 2 rings (SSSR count). The van der Waals surface area contributed by atoms with Crippen LogP contribution in [-0.4, -0.2) is 20.6 Å². The normalized spacial score (nSPS) is 11.7. The van der Waals surface area contributed by atoms with E-state index in [9.17, 15) is 19.7 Å². The number of non-ortho nitro benzene ring substituents is 1. The molecule has 1 atom stereocenters. The van der Waals surface area contributed by atoms with Gasteiger partial charge in [0.1, 0.15) is 6.04 Å². The largest absolute Gasteiger partial charge is 0.324 e. The molecule has 21 heavy (non-hydrogen) atoms. The van der Waals surface area contributed by atoms with Crippen LogP contribution in [0.2, 0.25) is 0 Å². The number of anilines is 1. The van der Waals surface area contributed by atoms with E-state index in [1.54, 1.807) is 0 Å². The Balaban J connectivity index is 2.12. The Morgan fingerprint density at radius 3 is 2.57 bits per heavy atom. The highest BCUT2D eigenvalue weighted by Gasteiger charge is 2.17. The first kappa shape index (κ1) is 14.4. The number of nitrogens with one attached hydrogen (secondary N) is 1. The molecule has 1 amide bonds. The van der Waals surface area contributed by atoms with Gasteiger partial charge in [-0.15, -0.1) is 0 Å². The molecule has 1 N–H and O–H groups in total. The molecule has 0 radical (unpaired) electrons. The number of aromatic nitrogens is 2. The van der Waals surface area contributed by atoms with E-state index in [-0.39, 0.29) is 11.2 Å². The van der Waals surface area contributed by atoms with Crippen LogP contribution in [0.15, 0.2) is 47.4 Å². The fourth-order valence-electron chi connectivity index (χ4n) is 1.68. The average molecular weight is 288 g/mol. The summed E-state index contributed by atoms with van der Waals surface area (Å²) < 4.78 is 1.06. The molecule has 1 aromatic carbocycles. The molecule has 8 heteroatoms. The molecule has 8 nitrogen and oxygen atoms in total. The van der Waals surface area contributed by atoms with Crippen LogP contribution in [0.3, 0.4) is 0 Å². The molecular formula is C13H12N4O4. The van der Waals surface area contributed by atoms with Crippen molar-refractivity contribution in [3.05, 3.63) is 63.1 Å². The molecule has 0 saturated heterocycles. The van der Waals surface area contributed by atoms with Gasteiger partial charge in [0.25, 0.3) is 11.2 Å². The maximum atomic E-state index is 12.0. The van der Waals surface area contributed by atoms with E-state index in [2.05, 4.69) is 10.4 Å². The van der Waals surface area contributed by atoms with Crippen LogP contribution in [0.1, 0.15) is 13.0 Å². The zero-order valence-corrected chi connectivity index (χ0v) is 11.1. The highest BCUT2D eigenvalue weighted by atomic mass is 16.6. The smallest absolute Gasteiger partial charge is 0.269 e.